The van der Waals surface area contributed by atoms with Crippen molar-refractivity contribution in [1.29, 1.82) is 0 Å². The lowest BCUT2D eigenvalue weighted by atomic mass is 10.2. The van der Waals surface area contributed by atoms with E-state index < -0.39 is 17.3 Å². The molecular weight excluding hydrogens is 377 g/mol. The fourth-order valence-electron chi connectivity index (χ4n) is 2.23. The molecule has 3 aromatic heterocycles. The topological polar surface area (TPSA) is 102 Å². The molecule has 0 bridgehead atoms. The summed E-state index contributed by atoms with van der Waals surface area (Å²) in [5, 5.41) is 6.46. The van der Waals surface area contributed by atoms with Crippen molar-refractivity contribution >= 4 is 33.3 Å². The molecule has 0 fully saturated rings. The number of thioether (sulfide) groups is 1. The molecule has 0 aliphatic carbocycles. The Morgan fingerprint density at radius 2 is 2.00 bits per heavy atom. The monoisotopic (exact) mass is 390 g/mol. The summed E-state index contributed by atoms with van der Waals surface area (Å²) in [6.45, 7) is 5.43. The molecule has 3 rings (SSSR count). The number of thiophene rings is 1. The summed E-state index contributed by atoms with van der Waals surface area (Å²) in [5.41, 5.74) is 0.594. The van der Waals surface area contributed by atoms with Crippen LogP contribution in [0.3, 0.4) is 0 Å². The number of halogens is 3. The first-order valence-electron chi connectivity index (χ1n) is 7.04. The first kappa shape index (κ1) is 17.7. The summed E-state index contributed by atoms with van der Waals surface area (Å²) in [4.78, 5) is 21.0. The molecule has 134 valence electrons. The molecule has 0 saturated carbocycles. The third-order valence-corrected chi connectivity index (χ3v) is 5.81. The van der Waals surface area contributed by atoms with Crippen molar-refractivity contribution in [2.24, 2.45) is 0 Å². The summed E-state index contributed by atoms with van der Waals surface area (Å²) in [5.74, 6) is 4.47. The maximum atomic E-state index is 12.7. The van der Waals surface area contributed by atoms with Gasteiger partial charge >= 0.3 is 6.18 Å². The first-order chi connectivity index (χ1) is 11.6. The molecule has 12 heteroatoms. The SMILES string of the molecule is Cc1sc2nc([C@@H](C)Sc3nnc(C(F)(F)F)n3N)[nH]c(=O)c2c1C. The van der Waals surface area contributed by atoms with Crippen molar-refractivity contribution in [3.63, 3.8) is 0 Å². The molecule has 0 aliphatic heterocycles. The van der Waals surface area contributed by atoms with E-state index in [9.17, 15) is 18.0 Å². The van der Waals surface area contributed by atoms with Crippen LogP contribution in [0.4, 0.5) is 13.2 Å². The molecule has 0 unspecified atom stereocenters. The lowest BCUT2D eigenvalue weighted by molar-refractivity contribution is -0.146. The summed E-state index contributed by atoms with van der Waals surface area (Å²) >= 11 is 2.32. The largest absolute Gasteiger partial charge is 0.453 e. The van der Waals surface area contributed by atoms with E-state index in [0.717, 1.165) is 22.2 Å². The molecular formula is C13H13F3N6OS2. The van der Waals surface area contributed by atoms with E-state index in [-0.39, 0.29) is 10.7 Å². The van der Waals surface area contributed by atoms with Crippen LogP contribution in [0.15, 0.2) is 9.95 Å². The third kappa shape index (κ3) is 3.11. The number of hydrogen-bond donors (Lipinski definition) is 2. The lowest BCUT2D eigenvalue weighted by Crippen LogP contribution is -2.21. The minimum atomic E-state index is -4.69. The molecule has 0 saturated heterocycles. The number of aryl methyl sites for hydroxylation is 2. The van der Waals surface area contributed by atoms with Crippen molar-refractivity contribution in [1.82, 2.24) is 24.8 Å². The van der Waals surface area contributed by atoms with Crippen molar-refractivity contribution in [3.8, 4) is 0 Å². The molecule has 3 aromatic rings. The predicted octanol–water partition coefficient (Wildman–Crippen LogP) is 2.78. The van der Waals surface area contributed by atoms with E-state index in [4.69, 9.17) is 5.84 Å². The third-order valence-electron chi connectivity index (χ3n) is 3.64. The fraction of sp³-hybridized carbons (Fsp3) is 0.385. The Balaban J connectivity index is 1.94. The number of nitrogens with zero attached hydrogens (tertiary/aromatic N) is 4. The van der Waals surface area contributed by atoms with Crippen molar-refractivity contribution in [3.05, 3.63) is 32.4 Å². The predicted molar refractivity (Wildman–Crippen MR) is 89.2 cm³/mol. The molecule has 0 amide bonds. The molecule has 7 nitrogen and oxygen atoms in total. The van der Waals surface area contributed by atoms with E-state index in [1.807, 2.05) is 13.8 Å². The van der Waals surface area contributed by atoms with Crippen LogP contribution in [-0.2, 0) is 6.18 Å². The molecule has 3 N–H and O–H groups in total. The summed E-state index contributed by atoms with van der Waals surface area (Å²) < 4.78 is 38.5. The Kier molecular flexibility index (Phi) is 4.27. The van der Waals surface area contributed by atoms with E-state index in [2.05, 4.69) is 20.2 Å². The Labute approximate surface area is 147 Å². The Morgan fingerprint density at radius 3 is 2.60 bits per heavy atom. The van der Waals surface area contributed by atoms with Gasteiger partial charge in [-0.3, -0.25) is 4.79 Å². The van der Waals surface area contributed by atoms with Crippen LogP contribution in [0.2, 0.25) is 0 Å². The minimum Gasteiger partial charge on any atom is -0.335 e. The van der Waals surface area contributed by atoms with Crippen LogP contribution in [-0.4, -0.2) is 24.8 Å². The number of nitrogens with two attached hydrogens (primary N) is 1. The van der Waals surface area contributed by atoms with Crippen molar-refractivity contribution < 1.29 is 13.2 Å². The standard InChI is InChI=1S/C13H13F3N6OS2/c1-4-5(2)24-10-7(4)9(23)18-8(19-10)6(3)25-12-21-20-11(22(12)17)13(14,15)16/h6H,17H2,1-3H3,(H,18,19,23)/t6-/m1/s1. The number of nitrogens with one attached hydrogen (secondary N) is 1. The van der Waals surface area contributed by atoms with Gasteiger partial charge < -0.3 is 10.8 Å². The van der Waals surface area contributed by atoms with Crippen LogP contribution in [0.25, 0.3) is 10.2 Å². The van der Waals surface area contributed by atoms with Crippen molar-refractivity contribution in [2.45, 2.75) is 37.4 Å². The minimum absolute atomic E-state index is 0.124. The van der Waals surface area contributed by atoms with Crippen LogP contribution < -0.4 is 11.4 Å². The number of fused-ring (bicyclic) bond motifs is 1. The number of hydrogen-bond acceptors (Lipinski definition) is 7. The molecule has 0 aromatic carbocycles. The fourth-order valence-corrected chi connectivity index (χ4v) is 4.09. The van der Waals surface area contributed by atoms with Crippen LogP contribution in [0.5, 0.6) is 0 Å². The summed E-state index contributed by atoms with van der Waals surface area (Å²) in [6.07, 6.45) is -4.69. The van der Waals surface area contributed by atoms with Crippen LogP contribution >= 0.6 is 23.1 Å². The zero-order valence-electron chi connectivity index (χ0n) is 13.3. The number of aromatic amines is 1. The highest BCUT2D eigenvalue weighted by Gasteiger charge is 2.38. The van der Waals surface area contributed by atoms with Gasteiger partial charge in [-0.2, -0.15) is 13.2 Å². The number of nitrogen functional groups attached to an aromatic ring is 1. The van der Waals surface area contributed by atoms with Gasteiger partial charge in [-0.15, -0.1) is 21.5 Å². The highest BCUT2D eigenvalue weighted by atomic mass is 32.2. The normalized spacial score (nSPS) is 13.5. The summed E-state index contributed by atoms with van der Waals surface area (Å²) in [6, 6.07) is 0. The van der Waals surface area contributed by atoms with E-state index >= 15 is 0 Å². The van der Waals surface area contributed by atoms with Gasteiger partial charge in [0.2, 0.25) is 5.16 Å². The smallest absolute Gasteiger partial charge is 0.335 e. The highest BCUT2D eigenvalue weighted by Crippen LogP contribution is 2.35. The van der Waals surface area contributed by atoms with Gasteiger partial charge in [0, 0.05) is 4.88 Å². The van der Waals surface area contributed by atoms with Crippen LogP contribution in [0, 0.1) is 13.8 Å². The zero-order chi connectivity index (χ0) is 18.5. The number of alkyl halides is 3. The molecule has 0 radical (unpaired) electrons. The zero-order valence-corrected chi connectivity index (χ0v) is 14.9. The van der Waals surface area contributed by atoms with Gasteiger partial charge in [-0.05, 0) is 26.3 Å². The number of H-pyrrole nitrogens is 1. The molecule has 1 atom stereocenters. The summed E-state index contributed by atoms with van der Waals surface area (Å²) in [7, 11) is 0. The number of aromatic nitrogens is 5. The second-order valence-electron chi connectivity index (χ2n) is 5.35. The lowest BCUT2D eigenvalue weighted by Gasteiger charge is -2.10. The Bertz CT molecular complexity index is 1010. The number of rotatable bonds is 3. The van der Waals surface area contributed by atoms with Gasteiger partial charge in [0.1, 0.15) is 10.7 Å². The quantitative estimate of drug-likeness (QED) is 0.527. The first-order valence-corrected chi connectivity index (χ1v) is 8.73. The van der Waals surface area contributed by atoms with E-state index in [1.54, 1.807) is 6.92 Å². The molecule has 0 spiro atoms. The highest BCUT2D eigenvalue weighted by molar-refractivity contribution is 7.99. The van der Waals surface area contributed by atoms with Gasteiger partial charge in [-0.25, -0.2) is 9.66 Å². The van der Waals surface area contributed by atoms with Crippen LogP contribution in [0.1, 0.15) is 34.3 Å². The second-order valence-corrected chi connectivity index (χ2v) is 7.86. The van der Waals surface area contributed by atoms with E-state index in [0.29, 0.717) is 20.7 Å². The van der Waals surface area contributed by atoms with Gasteiger partial charge in [-0.1, -0.05) is 11.8 Å². The van der Waals surface area contributed by atoms with Gasteiger partial charge in [0.25, 0.3) is 11.4 Å². The van der Waals surface area contributed by atoms with Crippen molar-refractivity contribution in [2.75, 3.05) is 5.84 Å². The maximum Gasteiger partial charge on any atom is 0.453 e. The van der Waals surface area contributed by atoms with Gasteiger partial charge in [0.15, 0.2) is 0 Å². The average Bonchev–Trinajstić information content (AvgIpc) is 3.00. The molecule has 3 heterocycles. The molecule has 0 aliphatic rings. The molecule has 25 heavy (non-hydrogen) atoms. The Hall–Kier alpha value is -2.08. The average molecular weight is 390 g/mol. The second kappa shape index (κ2) is 6.02. The van der Waals surface area contributed by atoms with Gasteiger partial charge in [0.05, 0.1) is 10.6 Å². The maximum absolute atomic E-state index is 12.7. The Morgan fingerprint density at radius 1 is 1.32 bits per heavy atom. The van der Waals surface area contributed by atoms with E-state index in [1.165, 1.54) is 11.3 Å².